The zero-order valence-electron chi connectivity index (χ0n) is 25.9. The van der Waals surface area contributed by atoms with E-state index in [1.807, 2.05) is 0 Å². The summed E-state index contributed by atoms with van der Waals surface area (Å²) in [6, 6.07) is -2.33. The molecule has 0 aromatic heterocycles. The van der Waals surface area contributed by atoms with Crippen molar-refractivity contribution >= 4 is 31.3 Å². The van der Waals surface area contributed by atoms with E-state index in [1.165, 1.54) is 13.8 Å². The number of nitrogens with zero attached hydrogens (tertiary/aromatic N) is 1. The van der Waals surface area contributed by atoms with E-state index < -0.39 is 80.5 Å². The largest absolute Gasteiger partial charge is 0.461 e. The average molecular weight is 658 g/mol. The summed E-state index contributed by atoms with van der Waals surface area (Å²) in [4.78, 5) is 50.8. The predicted octanol–water partition coefficient (Wildman–Crippen LogP) is 3.11. The van der Waals surface area contributed by atoms with Gasteiger partial charge in [-0.25, -0.2) is 14.6 Å². The molecule has 3 fully saturated rings. The Kier molecular flexibility index (Phi) is 12.1. The third-order valence-electron chi connectivity index (χ3n) is 8.63. The summed E-state index contributed by atoms with van der Waals surface area (Å²) in [5.74, 6) is -2.51. The molecule has 0 spiro atoms. The van der Waals surface area contributed by atoms with E-state index in [-0.39, 0.29) is 12.2 Å². The van der Waals surface area contributed by atoms with Crippen molar-refractivity contribution in [1.29, 1.82) is 0 Å². The molecule has 252 valence electrons. The second-order valence-electron chi connectivity index (χ2n) is 12.2. The first-order chi connectivity index (χ1) is 21.4. The van der Waals surface area contributed by atoms with E-state index in [1.54, 1.807) is 0 Å². The highest BCUT2D eigenvalue weighted by Crippen LogP contribution is 2.44. The first-order valence-electron chi connectivity index (χ1n) is 15.7. The average Bonchev–Trinajstić information content (AvgIpc) is 3.26. The molecule has 2 aliphatic heterocycles. The molecule has 13 nitrogen and oxygen atoms in total. The molecule has 0 aromatic rings. The summed E-state index contributed by atoms with van der Waals surface area (Å²) in [5.41, 5.74) is -2.10. The maximum Gasteiger partial charge on any atom is 0.342 e. The van der Waals surface area contributed by atoms with Crippen LogP contribution < -0.4 is 10.2 Å². The van der Waals surface area contributed by atoms with Gasteiger partial charge in [0, 0.05) is 6.20 Å². The molecule has 0 radical (unpaired) electrons. The summed E-state index contributed by atoms with van der Waals surface area (Å²) < 4.78 is 52.7. The minimum Gasteiger partial charge on any atom is -0.461 e. The number of carbonyl (C=O) groups is 4. The van der Waals surface area contributed by atoms with Crippen LogP contribution in [-0.4, -0.2) is 88.6 Å². The minimum absolute atomic E-state index is 0.267. The number of carbonyl (C=O) groups excluding carboxylic acids is 4. The number of hydrogen-bond donors (Lipinski definition) is 3. The van der Waals surface area contributed by atoms with Crippen LogP contribution in [0.2, 0.25) is 0 Å². The molecule has 2 heterocycles. The standard InChI is InChI=1S/C30H45FN3O10P/c1-4-30(26(31)25(37)27(44-30)34-16-15-21(35)17-24(34)36)18-41-45(40,32-19(2)28(38)42-22-11-7-5-8-12-22)33-20(3)29(39)43-23-13-9-6-10-14-23/h4,15-16,19-20,22-23,25-27,37H,1,5-14,17-18H2,2-3H3,(H2,32,33,40)/t19-,20-,25+,26-,27+,30+/m0/s1. The Bertz CT molecular complexity index is 1150. The van der Waals surface area contributed by atoms with Crippen LogP contribution in [0.4, 0.5) is 4.39 Å². The number of ether oxygens (including phenoxy) is 3. The molecule has 6 atom stereocenters. The van der Waals surface area contributed by atoms with Crippen LogP contribution in [0, 0.1) is 0 Å². The first-order valence-corrected chi connectivity index (χ1v) is 17.4. The molecule has 2 saturated carbocycles. The number of hydrogen-bond acceptors (Lipinski definition) is 10. The van der Waals surface area contributed by atoms with Crippen LogP contribution >= 0.6 is 7.67 Å². The molecule has 3 N–H and O–H groups in total. The second kappa shape index (κ2) is 15.4. The van der Waals surface area contributed by atoms with E-state index in [2.05, 4.69) is 16.8 Å². The van der Waals surface area contributed by atoms with E-state index in [4.69, 9.17) is 18.7 Å². The van der Waals surface area contributed by atoms with Crippen molar-refractivity contribution in [1.82, 2.24) is 15.1 Å². The number of amides is 1. The van der Waals surface area contributed by atoms with Crippen LogP contribution in [-0.2, 0) is 42.5 Å². The van der Waals surface area contributed by atoms with Crippen molar-refractivity contribution in [3.05, 3.63) is 24.9 Å². The zero-order chi connectivity index (χ0) is 32.8. The van der Waals surface area contributed by atoms with Gasteiger partial charge in [0.15, 0.2) is 18.2 Å². The lowest BCUT2D eigenvalue weighted by Gasteiger charge is -2.33. The molecular formula is C30H45FN3O10P. The van der Waals surface area contributed by atoms with Gasteiger partial charge < -0.3 is 23.8 Å². The Balaban J connectivity index is 1.49. The van der Waals surface area contributed by atoms with Gasteiger partial charge in [0.2, 0.25) is 5.91 Å². The summed E-state index contributed by atoms with van der Waals surface area (Å²) in [6.45, 7) is 5.66. The van der Waals surface area contributed by atoms with Gasteiger partial charge >= 0.3 is 19.6 Å². The fourth-order valence-corrected chi connectivity index (χ4v) is 7.78. The number of halogens is 1. The van der Waals surface area contributed by atoms with Crippen LogP contribution in [0.15, 0.2) is 24.9 Å². The smallest absolute Gasteiger partial charge is 0.342 e. The lowest BCUT2D eigenvalue weighted by Crippen LogP contribution is -2.46. The van der Waals surface area contributed by atoms with Crippen LogP contribution in [0.3, 0.4) is 0 Å². The third-order valence-corrected chi connectivity index (χ3v) is 10.6. The number of aliphatic hydroxyl groups excluding tert-OH is 1. The highest BCUT2D eigenvalue weighted by atomic mass is 31.2. The van der Waals surface area contributed by atoms with E-state index >= 15 is 4.39 Å². The Morgan fingerprint density at radius 1 is 1.07 bits per heavy atom. The molecular weight excluding hydrogens is 612 g/mol. The Hall–Kier alpha value is -2.48. The molecule has 0 bridgehead atoms. The highest BCUT2D eigenvalue weighted by molar-refractivity contribution is 7.54. The number of ketones is 1. The van der Waals surface area contributed by atoms with Gasteiger partial charge in [-0.05, 0) is 71.3 Å². The Labute approximate surface area is 262 Å². The summed E-state index contributed by atoms with van der Waals surface area (Å²) in [7, 11) is -4.39. The highest BCUT2D eigenvalue weighted by Gasteiger charge is 2.57. The van der Waals surface area contributed by atoms with Gasteiger partial charge in [0.25, 0.3) is 0 Å². The number of alkyl halides is 1. The quantitative estimate of drug-likeness (QED) is 0.115. The lowest BCUT2D eigenvalue weighted by atomic mass is 9.97. The third kappa shape index (κ3) is 8.87. The van der Waals surface area contributed by atoms with Crippen molar-refractivity contribution in [2.24, 2.45) is 0 Å². The first kappa shape index (κ1) is 35.4. The van der Waals surface area contributed by atoms with Crippen molar-refractivity contribution in [2.45, 2.75) is 133 Å². The predicted molar refractivity (Wildman–Crippen MR) is 159 cm³/mol. The van der Waals surface area contributed by atoms with Crippen LogP contribution in [0.5, 0.6) is 0 Å². The normalized spacial score (nSPS) is 29.8. The van der Waals surface area contributed by atoms with Gasteiger partial charge in [0.1, 0.15) is 36.0 Å². The second-order valence-corrected chi connectivity index (χ2v) is 14.1. The van der Waals surface area contributed by atoms with Crippen LogP contribution in [0.1, 0.15) is 84.5 Å². The number of rotatable bonds is 13. The summed E-state index contributed by atoms with van der Waals surface area (Å²) in [6.07, 6.45) is 5.33. The van der Waals surface area contributed by atoms with Gasteiger partial charge in [-0.2, -0.15) is 0 Å². The molecule has 2 aliphatic carbocycles. The number of nitrogens with one attached hydrogen (secondary N) is 2. The molecule has 4 rings (SSSR count). The maximum absolute atomic E-state index is 15.7. The lowest BCUT2D eigenvalue weighted by molar-refractivity contribution is -0.153. The van der Waals surface area contributed by atoms with E-state index in [9.17, 15) is 28.8 Å². The molecule has 15 heteroatoms. The molecule has 1 saturated heterocycles. The fourth-order valence-electron chi connectivity index (χ4n) is 5.94. The monoisotopic (exact) mass is 657 g/mol. The number of aliphatic hydroxyl groups is 1. The SMILES string of the molecule is C=C[C@]1(COP(=O)(N[C@@H](C)C(=O)OC2CCCCC2)N[C@@H](C)C(=O)OC2CCCCC2)O[C@@H](N2C=CC(=O)CC2=O)[C@H](O)[C@@H]1F. The molecule has 0 aromatic carbocycles. The minimum atomic E-state index is -4.39. The molecule has 45 heavy (non-hydrogen) atoms. The van der Waals surface area contributed by atoms with Gasteiger partial charge in [-0.3, -0.25) is 28.6 Å². The topological polar surface area (TPSA) is 170 Å². The van der Waals surface area contributed by atoms with Crippen LogP contribution in [0.25, 0.3) is 0 Å². The van der Waals surface area contributed by atoms with Gasteiger partial charge in [0.05, 0.1) is 13.0 Å². The van der Waals surface area contributed by atoms with E-state index in [0.29, 0.717) is 0 Å². The zero-order valence-corrected chi connectivity index (χ0v) is 26.8. The summed E-state index contributed by atoms with van der Waals surface area (Å²) >= 11 is 0. The molecule has 4 aliphatic rings. The van der Waals surface area contributed by atoms with Gasteiger partial charge in [-0.1, -0.05) is 18.9 Å². The van der Waals surface area contributed by atoms with Crippen molar-refractivity contribution < 1.29 is 52.0 Å². The summed E-state index contributed by atoms with van der Waals surface area (Å²) in [5, 5.41) is 15.9. The molecule has 0 unspecified atom stereocenters. The van der Waals surface area contributed by atoms with Crippen molar-refractivity contribution in [3.8, 4) is 0 Å². The number of esters is 2. The van der Waals surface area contributed by atoms with Crippen molar-refractivity contribution in [3.63, 3.8) is 0 Å². The Morgan fingerprint density at radius 3 is 2.04 bits per heavy atom. The Morgan fingerprint density at radius 2 is 1.58 bits per heavy atom. The maximum atomic E-state index is 15.7. The fraction of sp³-hybridized carbons (Fsp3) is 0.733. The van der Waals surface area contributed by atoms with Crippen molar-refractivity contribution in [2.75, 3.05) is 6.61 Å². The number of allylic oxidation sites excluding steroid dienone is 1. The van der Waals surface area contributed by atoms with Gasteiger partial charge in [-0.15, -0.1) is 6.58 Å². The van der Waals surface area contributed by atoms with E-state index in [0.717, 1.165) is 87.5 Å². The molecule has 1 amide bonds.